The Morgan fingerprint density at radius 2 is 1.48 bits per heavy atom. The van der Waals surface area contributed by atoms with Gasteiger partial charge in [0, 0.05) is 0 Å². The normalized spacial score (nSPS) is 14.9. The van der Waals surface area contributed by atoms with Gasteiger partial charge in [0.25, 0.3) is 0 Å². The summed E-state index contributed by atoms with van der Waals surface area (Å²) in [5.41, 5.74) is 10.8. The summed E-state index contributed by atoms with van der Waals surface area (Å²) in [6, 6.07) is -4.28. The Morgan fingerprint density at radius 3 is 1.97 bits per heavy atom. The average Bonchev–Trinajstić information content (AvgIpc) is 2.67. The van der Waals surface area contributed by atoms with Crippen LogP contribution in [0.4, 0.5) is 0 Å². The van der Waals surface area contributed by atoms with E-state index in [9.17, 15) is 29.4 Å². The highest BCUT2D eigenvalue weighted by molar-refractivity contribution is 7.98. The van der Waals surface area contributed by atoms with Crippen molar-refractivity contribution in [2.24, 2.45) is 11.5 Å². The first-order valence-electron chi connectivity index (χ1n) is 9.37. The molecule has 0 saturated carbocycles. The highest BCUT2D eigenvalue weighted by atomic mass is 32.2. The molecule has 0 aromatic heterocycles. The Hall–Kier alpha value is -1.89. The zero-order chi connectivity index (χ0) is 22.4. The van der Waals surface area contributed by atoms with Crippen molar-refractivity contribution in [3.8, 4) is 0 Å². The zero-order valence-electron chi connectivity index (χ0n) is 16.8. The van der Waals surface area contributed by atoms with Crippen LogP contribution in [0.3, 0.4) is 0 Å². The Balaban J connectivity index is 5.10. The number of nitrogens with two attached hydrogens (primary N) is 2. The number of aliphatic hydroxyl groups is 1. The number of amides is 3. The van der Waals surface area contributed by atoms with Crippen LogP contribution >= 0.6 is 11.8 Å². The molecule has 0 aliphatic rings. The van der Waals surface area contributed by atoms with Crippen LogP contribution in [0.15, 0.2) is 0 Å². The van der Waals surface area contributed by atoms with Crippen LogP contribution in [0.25, 0.3) is 0 Å². The number of carboxylic acids is 1. The summed E-state index contributed by atoms with van der Waals surface area (Å²) in [5, 5.41) is 25.9. The zero-order valence-corrected chi connectivity index (χ0v) is 17.7. The minimum absolute atomic E-state index is 0.213. The summed E-state index contributed by atoms with van der Waals surface area (Å²) < 4.78 is 0. The summed E-state index contributed by atoms with van der Waals surface area (Å²) in [7, 11) is 0. The molecule has 9 N–H and O–H groups in total. The molecule has 0 spiro atoms. The van der Waals surface area contributed by atoms with Crippen LogP contribution in [0.2, 0.25) is 0 Å². The van der Waals surface area contributed by atoms with Crippen molar-refractivity contribution in [2.45, 2.75) is 56.8 Å². The molecule has 0 aromatic rings. The van der Waals surface area contributed by atoms with E-state index in [-0.39, 0.29) is 12.8 Å². The van der Waals surface area contributed by atoms with E-state index in [0.717, 1.165) is 0 Å². The largest absolute Gasteiger partial charge is 0.480 e. The van der Waals surface area contributed by atoms with E-state index in [0.29, 0.717) is 25.1 Å². The molecule has 11 nitrogen and oxygen atoms in total. The van der Waals surface area contributed by atoms with Crippen molar-refractivity contribution in [1.29, 1.82) is 0 Å². The van der Waals surface area contributed by atoms with Crippen molar-refractivity contribution in [2.75, 3.05) is 25.2 Å². The topological polar surface area (TPSA) is 197 Å². The summed E-state index contributed by atoms with van der Waals surface area (Å²) in [4.78, 5) is 48.0. The third kappa shape index (κ3) is 11.0. The second-order valence-corrected chi connectivity index (χ2v) is 7.54. The number of thioether (sulfide) groups is 1. The second-order valence-electron chi connectivity index (χ2n) is 6.56. The third-order valence-electron chi connectivity index (χ3n) is 4.03. The molecule has 3 amide bonds. The van der Waals surface area contributed by atoms with Crippen LogP contribution in [-0.2, 0) is 19.2 Å². The Kier molecular flexibility index (Phi) is 14.0. The number of hydrogen-bond donors (Lipinski definition) is 7. The van der Waals surface area contributed by atoms with Crippen LogP contribution in [-0.4, -0.2) is 83.2 Å². The van der Waals surface area contributed by atoms with Gasteiger partial charge < -0.3 is 37.6 Å². The molecule has 4 unspecified atom stereocenters. The van der Waals surface area contributed by atoms with E-state index < -0.39 is 54.5 Å². The molecule has 0 aliphatic heterocycles. The molecule has 0 heterocycles. The Labute approximate surface area is 174 Å². The van der Waals surface area contributed by atoms with Crippen LogP contribution in [0, 0.1) is 0 Å². The van der Waals surface area contributed by atoms with Crippen LogP contribution in [0.5, 0.6) is 0 Å². The third-order valence-corrected chi connectivity index (χ3v) is 4.68. The SMILES string of the molecule is CSCCC(NC(=O)C(CO)NC(=O)C(C)N)C(=O)NC(CCCCN)C(=O)O. The van der Waals surface area contributed by atoms with Crippen molar-refractivity contribution < 1.29 is 29.4 Å². The molecule has 0 bridgehead atoms. The summed E-state index contributed by atoms with van der Waals surface area (Å²) in [6.45, 7) is 1.16. The fraction of sp³-hybridized carbons (Fsp3) is 0.765. The van der Waals surface area contributed by atoms with E-state index in [2.05, 4.69) is 16.0 Å². The minimum atomic E-state index is -1.28. The summed E-state index contributed by atoms with van der Waals surface area (Å²) in [6.07, 6.45) is 3.44. The van der Waals surface area contributed by atoms with Crippen molar-refractivity contribution >= 4 is 35.5 Å². The molecule has 12 heteroatoms. The lowest BCUT2D eigenvalue weighted by Gasteiger charge is -2.24. The maximum absolute atomic E-state index is 12.6. The highest BCUT2D eigenvalue weighted by Crippen LogP contribution is 2.05. The van der Waals surface area contributed by atoms with Crippen molar-refractivity contribution in [3.63, 3.8) is 0 Å². The highest BCUT2D eigenvalue weighted by Gasteiger charge is 2.29. The van der Waals surface area contributed by atoms with Crippen LogP contribution < -0.4 is 27.4 Å². The van der Waals surface area contributed by atoms with Gasteiger partial charge in [0.15, 0.2) is 0 Å². The van der Waals surface area contributed by atoms with E-state index in [4.69, 9.17) is 11.5 Å². The van der Waals surface area contributed by atoms with Gasteiger partial charge in [-0.15, -0.1) is 0 Å². The molecule has 0 rings (SSSR count). The summed E-state index contributed by atoms with van der Waals surface area (Å²) >= 11 is 1.45. The predicted octanol–water partition coefficient (Wildman–Crippen LogP) is -2.25. The van der Waals surface area contributed by atoms with Gasteiger partial charge in [-0.05, 0) is 51.2 Å². The number of carbonyl (C=O) groups is 4. The van der Waals surface area contributed by atoms with E-state index in [1.807, 2.05) is 6.26 Å². The first kappa shape index (κ1) is 27.1. The van der Waals surface area contributed by atoms with E-state index in [1.165, 1.54) is 18.7 Å². The number of carboxylic acid groups (broad SMARTS) is 1. The molecule has 0 radical (unpaired) electrons. The average molecular weight is 436 g/mol. The van der Waals surface area contributed by atoms with E-state index in [1.54, 1.807) is 0 Å². The van der Waals surface area contributed by atoms with Gasteiger partial charge >= 0.3 is 5.97 Å². The molecule has 0 saturated heterocycles. The monoisotopic (exact) mass is 435 g/mol. The molecular formula is C17H33N5O6S. The smallest absolute Gasteiger partial charge is 0.326 e. The number of aliphatic hydroxyl groups excluding tert-OH is 1. The van der Waals surface area contributed by atoms with Gasteiger partial charge in [-0.25, -0.2) is 4.79 Å². The maximum Gasteiger partial charge on any atom is 0.326 e. The first-order valence-corrected chi connectivity index (χ1v) is 10.8. The lowest BCUT2D eigenvalue weighted by molar-refractivity contribution is -0.142. The standard InChI is InChI=1S/C17H33N5O6S/c1-10(19)14(24)22-13(9-23)16(26)20-11(6-8-29-2)15(25)21-12(17(27)28)5-3-4-7-18/h10-13,23H,3-9,18-19H2,1-2H3,(H,20,26)(H,21,25)(H,22,24)(H,27,28). The Morgan fingerprint density at radius 1 is 0.931 bits per heavy atom. The molecule has 0 fully saturated rings. The van der Waals surface area contributed by atoms with Crippen molar-refractivity contribution in [3.05, 3.63) is 0 Å². The number of hydrogen-bond acceptors (Lipinski definition) is 8. The maximum atomic E-state index is 12.6. The fourth-order valence-corrected chi connectivity index (χ4v) is 2.77. The Bertz CT molecular complexity index is 548. The molecule has 168 valence electrons. The van der Waals surface area contributed by atoms with Gasteiger partial charge in [0.2, 0.25) is 17.7 Å². The molecule has 0 aliphatic carbocycles. The number of aliphatic carboxylic acids is 1. The van der Waals surface area contributed by atoms with E-state index >= 15 is 0 Å². The van der Waals surface area contributed by atoms with Gasteiger partial charge in [-0.3, -0.25) is 14.4 Å². The molecule has 0 aromatic carbocycles. The second kappa shape index (κ2) is 15.0. The number of unbranched alkanes of at least 4 members (excludes halogenated alkanes) is 1. The first-order chi connectivity index (χ1) is 13.7. The van der Waals surface area contributed by atoms with Gasteiger partial charge in [0.1, 0.15) is 18.1 Å². The predicted molar refractivity (Wildman–Crippen MR) is 110 cm³/mol. The van der Waals surface area contributed by atoms with Crippen molar-refractivity contribution in [1.82, 2.24) is 16.0 Å². The fourth-order valence-electron chi connectivity index (χ4n) is 2.30. The van der Waals surface area contributed by atoms with Gasteiger partial charge in [0.05, 0.1) is 12.6 Å². The summed E-state index contributed by atoms with van der Waals surface area (Å²) in [5.74, 6) is -2.70. The quantitative estimate of drug-likeness (QED) is 0.139. The minimum Gasteiger partial charge on any atom is -0.480 e. The lowest BCUT2D eigenvalue weighted by Crippen LogP contribution is -2.57. The molecular weight excluding hydrogens is 402 g/mol. The molecule has 29 heavy (non-hydrogen) atoms. The van der Waals surface area contributed by atoms with Gasteiger partial charge in [-0.2, -0.15) is 11.8 Å². The molecule has 4 atom stereocenters. The number of nitrogens with one attached hydrogen (secondary N) is 3. The number of rotatable bonds is 15. The number of carbonyl (C=O) groups excluding carboxylic acids is 3. The van der Waals surface area contributed by atoms with Gasteiger partial charge in [-0.1, -0.05) is 0 Å². The van der Waals surface area contributed by atoms with Crippen LogP contribution in [0.1, 0.15) is 32.6 Å². The lowest BCUT2D eigenvalue weighted by atomic mass is 10.1.